The fourth-order valence-electron chi connectivity index (χ4n) is 6.20. The summed E-state index contributed by atoms with van der Waals surface area (Å²) in [5.74, 6) is -8.18. The van der Waals surface area contributed by atoms with Crippen molar-refractivity contribution < 1.29 is 31.9 Å². The lowest BCUT2D eigenvalue weighted by Gasteiger charge is -2.29. The number of carbonyl (C=O) groups excluding carboxylic acids is 3. The monoisotopic (exact) mass is 533 g/mol. The van der Waals surface area contributed by atoms with E-state index in [1.54, 1.807) is 0 Å². The van der Waals surface area contributed by atoms with Crippen molar-refractivity contribution >= 4 is 28.6 Å². The normalized spacial score (nSPS) is 27.1. The van der Waals surface area contributed by atoms with Crippen LogP contribution in [0, 0.1) is 47.6 Å². The smallest absolute Gasteiger partial charge is 0.271 e. The van der Waals surface area contributed by atoms with E-state index in [4.69, 9.17) is 0 Å². The van der Waals surface area contributed by atoms with Gasteiger partial charge in [-0.2, -0.15) is 5.26 Å². The molecule has 3 fully saturated rings. The van der Waals surface area contributed by atoms with Crippen LogP contribution in [0.1, 0.15) is 48.2 Å². The van der Waals surface area contributed by atoms with Gasteiger partial charge in [-0.25, -0.2) is 17.6 Å². The van der Waals surface area contributed by atoms with Gasteiger partial charge in [-0.3, -0.25) is 14.4 Å². The van der Waals surface area contributed by atoms with Crippen LogP contribution in [0.3, 0.4) is 0 Å². The highest BCUT2D eigenvalue weighted by Gasteiger charge is 2.58. The predicted molar refractivity (Wildman–Crippen MR) is 127 cm³/mol. The van der Waals surface area contributed by atoms with Crippen LogP contribution in [0.2, 0.25) is 0 Å². The number of benzene rings is 1. The van der Waals surface area contributed by atoms with Gasteiger partial charge in [0.15, 0.2) is 0 Å². The number of aromatic nitrogens is 1. The molecular weight excluding hydrogens is 506 g/mol. The molecule has 8 nitrogen and oxygen atoms in total. The summed E-state index contributed by atoms with van der Waals surface area (Å²) in [5.41, 5.74) is -0.336. The van der Waals surface area contributed by atoms with Gasteiger partial charge in [0, 0.05) is 37.2 Å². The number of amides is 3. The topological polar surface area (TPSA) is 118 Å². The first-order valence-corrected chi connectivity index (χ1v) is 12.6. The van der Waals surface area contributed by atoms with Crippen molar-refractivity contribution in [3.63, 3.8) is 0 Å². The number of aromatic amines is 1. The molecule has 5 atom stereocenters. The number of likely N-dealkylation sites (tertiary alicyclic amines) is 1. The Labute approximate surface area is 215 Å². The van der Waals surface area contributed by atoms with Crippen molar-refractivity contribution in [3.8, 4) is 6.07 Å². The van der Waals surface area contributed by atoms with Crippen LogP contribution >= 0.6 is 0 Å². The second-order valence-corrected chi connectivity index (χ2v) is 10.6. The number of nitriles is 1. The number of halogens is 4. The Balaban J connectivity index is 1.41. The second-order valence-electron chi connectivity index (χ2n) is 10.6. The molecule has 12 heteroatoms. The van der Waals surface area contributed by atoms with Crippen molar-refractivity contribution in [2.75, 3.05) is 13.1 Å². The van der Waals surface area contributed by atoms with E-state index >= 15 is 0 Å². The molecule has 0 spiro atoms. The lowest BCUT2D eigenvalue weighted by molar-refractivity contribution is -0.129. The molecule has 3 aliphatic rings. The van der Waals surface area contributed by atoms with Gasteiger partial charge in [0.2, 0.25) is 17.7 Å². The number of H-pyrrole nitrogens is 1. The van der Waals surface area contributed by atoms with Crippen LogP contribution in [0.5, 0.6) is 0 Å². The van der Waals surface area contributed by atoms with Crippen molar-refractivity contribution in [1.29, 1.82) is 5.26 Å². The zero-order chi connectivity index (χ0) is 27.4. The highest BCUT2D eigenvalue weighted by Crippen LogP contribution is 2.50. The van der Waals surface area contributed by atoms with E-state index in [0.29, 0.717) is 13.0 Å². The number of hydrogen-bond donors (Lipinski definition) is 3. The number of piperidine rings is 1. The number of nitrogens with one attached hydrogen (secondary N) is 3. The summed E-state index contributed by atoms with van der Waals surface area (Å²) in [6, 6.07) is 1.74. The van der Waals surface area contributed by atoms with Gasteiger partial charge < -0.3 is 20.5 Å². The Morgan fingerprint density at radius 3 is 2.76 bits per heavy atom. The fourth-order valence-corrected chi connectivity index (χ4v) is 6.20. The van der Waals surface area contributed by atoms with E-state index in [1.807, 2.05) is 6.07 Å². The SMILES string of the molecule is Cc1cc(F)c2cc(C(=O)N3C[C@@H]4CC(F)(F)C[C@@H]4[C@H]3C(=O)N[C@@H](C#N)C[C@@H]3CCCNC3=O)[nH]c2c1F. The van der Waals surface area contributed by atoms with Gasteiger partial charge in [-0.05, 0) is 55.7 Å². The Morgan fingerprint density at radius 1 is 1.29 bits per heavy atom. The average Bonchev–Trinajstić information content (AvgIpc) is 3.53. The Hall–Kier alpha value is -3.62. The minimum absolute atomic E-state index is 0.0419. The van der Waals surface area contributed by atoms with E-state index < -0.39 is 72.1 Å². The molecule has 1 aromatic carbocycles. The summed E-state index contributed by atoms with van der Waals surface area (Å²) in [4.78, 5) is 42.8. The minimum atomic E-state index is -3.00. The third kappa shape index (κ3) is 4.59. The summed E-state index contributed by atoms with van der Waals surface area (Å²) in [6.45, 7) is 1.78. The fraction of sp³-hybridized carbons (Fsp3) is 0.538. The number of rotatable bonds is 5. The van der Waals surface area contributed by atoms with Gasteiger partial charge in [-0.15, -0.1) is 0 Å². The van der Waals surface area contributed by atoms with E-state index in [1.165, 1.54) is 6.92 Å². The van der Waals surface area contributed by atoms with E-state index in [0.717, 1.165) is 23.5 Å². The van der Waals surface area contributed by atoms with Gasteiger partial charge in [0.25, 0.3) is 5.91 Å². The number of hydrogen-bond acceptors (Lipinski definition) is 4. The maximum atomic E-state index is 14.6. The summed E-state index contributed by atoms with van der Waals surface area (Å²) in [7, 11) is 0. The van der Waals surface area contributed by atoms with Crippen LogP contribution in [0.15, 0.2) is 12.1 Å². The molecule has 0 radical (unpaired) electrons. The van der Waals surface area contributed by atoms with Crippen LogP contribution < -0.4 is 10.6 Å². The largest absolute Gasteiger partial charge is 0.356 e. The third-order valence-electron chi connectivity index (χ3n) is 8.01. The van der Waals surface area contributed by atoms with Crippen molar-refractivity contribution in [1.82, 2.24) is 20.5 Å². The van der Waals surface area contributed by atoms with Gasteiger partial charge in [0.05, 0.1) is 11.6 Å². The maximum absolute atomic E-state index is 14.6. The lowest BCUT2D eigenvalue weighted by Crippen LogP contribution is -2.52. The maximum Gasteiger partial charge on any atom is 0.271 e. The number of aryl methyl sites for hydroxylation is 1. The molecule has 202 valence electrons. The van der Waals surface area contributed by atoms with Crippen LogP contribution in [-0.2, 0) is 9.59 Å². The Kier molecular flexibility index (Phi) is 6.57. The predicted octanol–water partition coefficient (Wildman–Crippen LogP) is 3.17. The summed E-state index contributed by atoms with van der Waals surface area (Å²) >= 11 is 0. The van der Waals surface area contributed by atoms with Gasteiger partial charge >= 0.3 is 0 Å². The van der Waals surface area contributed by atoms with Crippen molar-refractivity contribution in [3.05, 3.63) is 35.0 Å². The van der Waals surface area contributed by atoms with Crippen molar-refractivity contribution in [2.45, 2.75) is 57.0 Å². The van der Waals surface area contributed by atoms with Gasteiger partial charge in [0.1, 0.15) is 29.4 Å². The molecule has 3 N–H and O–H groups in total. The summed E-state index contributed by atoms with van der Waals surface area (Å²) < 4.78 is 57.6. The summed E-state index contributed by atoms with van der Waals surface area (Å²) in [5, 5.41) is 14.8. The quantitative estimate of drug-likeness (QED) is 0.512. The van der Waals surface area contributed by atoms with E-state index in [9.17, 15) is 37.2 Å². The lowest BCUT2D eigenvalue weighted by atomic mass is 9.90. The van der Waals surface area contributed by atoms with Crippen LogP contribution in [0.25, 0.3) is 10.9 Å². The van der Waals surface area contributed by atoms with Crippen LogP contribution in [0.4, 0.5) is 17.6 Å². The molecule has 2 saturated heterocycles. The average molecular weight is 534 g/mol. The molecule has 1 aliphatic carbocycles. The third-order valence-corrected chi connectivity index (χ3v) is 8.01. The molecule has 1 aromatic heterocycles. The standard InChI is InChI=1S/C26H27F4N5O3/c1-12-5-18(27)16-7-19(34-21(16)20(12)28)25(38)35-11-14-8-26(29,30)9-17(14)22(35)24(37)33-15(10-31)6-13-3-2-4-32-23(13)36/h5,7,13-15,17,22,34H,2-4,6,8-9,11H2,1H3,(H,32,36)(H,33,37)/t13-,14-,15+,17-,22-/m0/s1. The molecule has 3 amide bonds. The molecule has 2 aromatic rings. The highest BCUT2D eigenvalue weighted by molar-refractivity contribution is 6.01. The molecule has 3 heterocycles. The molecule has 5 rings (SSSR count). The number of alkyl halides is 2. The number of nitrogens with zero attached hydrogens (tertiary/aromatic N) is 2. The first-order valence-electron chi connectivity index (χ1n) is 12.6. The molecular formula is C26H27F4N5O3. The Morgan fingerprint density at radius 2 is 2.05 bits per heavy atom. The molecule has 0 unspecified atom stereocenters. The molecule has 0 bridgehead atoms. The molecule has 38 heavy (non-hydrogen) atoms. The second kappa shape index (κ2) is 9.60. The minimum Gasteiger partial charge on any atom is -0.356 e. The van der Waals surface area contributed by atoms with Crippen molar-refractivity contribution in [2.24, 2.45) is 17.8 Å². The first-order chi connectivity index (χ1) is 18.0. The van der Waals surface area contributed by atoms with E-state index in [-0.39, 0.29) is 41.0 Å². The zero-order valence-corrected chi connectivity index (χ0v) is 20.6. The highest BCUT2D eigenvalue weighted by atomic mass is 19.3. The number of carbonyl (C=O) groups is 3. The molecule has 2 aliphatic heterocycles. The Bertz CT molecular complexity index is 1350. The van der Waals surface area contributed by atoms with Gasteiger partial charge in [-0.1, -0.05) is 0 Å². The first kappa shape index (κ1) is 26.0. The van der Waals surface area contributed by atoms with Crippen LogP contribution in [-0.4, -0.2) is 58.7 Å². The zero-order valence-electron chi connectivity index (χ0n) is 20.6. The summed E-state index contributed by atoms with van der Waals surface area (Å²) in [6.07, 6.45) is 0.245. The molecule has 1 saturated carbocycles. The number of fused-ring (bicyclic) bond motifs is 2. The van der Waals surface area contributed by atoms with E-state index in [2.05, 4.69) is 15.6 Å².